The van der Waals surface area contributed by atoms with Crippen LogP contribution in [-0.2, 0) is 9.59 Å². The van der Waals surface area contributed by atoms with Crippen LogP contribution in [0.5, 0.6) is 0 Å². The van der Waals surface area contributed by atoms with Gasteiger partial charge < -0.3 is 10.2 Å². The number of aliphatic carboxylic acids is 2. The van der Waals surface area contributed by atoms with Crippen LogP contribution in [0.2, 0.25) is 0 Å². The lowest BCUT2D eigenvalue weighted by Gasteiger charge is -2.05. The van der Waals surface area contributed by atoms with Crippen molar-refractivity contribution < 1.29 is 19.8 Å². The third kappa shape index (κ3) is 6.49. The van der Waals surface area contributed by atoms with Gasteiger partial charge in [0.05, 0.1) is 5.92 Å². The van der Waals surface area contributed by atoms with Gasteiger partial charge in [0.2, 0.25) is 0 Å². The molecule has 0 saturated heterocycles. The van der Waals surface area contributed by atoms with Gasteiger partial charge in [0, 0.05) is 6.08 Å². The Morgan fingerprint density at radius 2 is 1.73 bits per heavy atom. The highest BCUT2D eigenvalue weighted by Gasteiger charge is 2.10. The fraction of sp³-hybridized carbons (Fsp3) is 0.455. The van der Waals surface area contributed by atoms with E-state index in [9.17, 15) is 9.59 Å². The number of allylic oxidation sites excluding steroid dienone is 3. The minimum absolute atomic E-state index is 0.431. The second-order valence-corrected chi connectivity index (χ2v) is 3.66. The predicted molar refractivity (Wildman–Crippen MR) is 56.6 cm³/mol. The average Bonchev–Trinajstić information content (AvgIpc) is 2.00. The monoisotopic (exact) mass is 212 g/mol. The molecule has 0 aromatic carbocycles. The molecule has 0 spiro atoms. The molecule has 0 aromatic heterocycles. The molecule has 0 fully saturated rings. The fourth-order valence-electron chi connectivity index (χ4n) is 1.25. The standard InChI is InChI=1S/C11H16O4/c1-7(5-9(3)11(14)15)4-8(2)6-10(12)13/h4,6,9H,5H2,1-3H3,(H,12,13)(H,14,15)/b7-4+,8-6+. The van der Waals surface area contributed by atoms with E-state index in [2.05, 4.69) is 0 Å². The zero-order valence-corrected chi connectivity index (χ0v) is 9.15. The summed E-state index contributed by atoms with van der Waals surface area (Å²) >= 11 is 0. The number of carbonyl (C=O) groups is 2. The molecule has 15 heavy (non-hydrogen) atoms. The first kappa shape index (κ1) is 13.4. The van der Waals surface area contributed by atoms with Crippen LogP contribution in [-0.4, -0.2) is 22.2 Å². The molecule has 0 aliphatic heterocycles. The summed E-state index contributed by atoms with van der Waals surface area (Å²) in [6.07, 6.45) is 3.21. The Labute approximate surface area is 88.9 Å². The molecule has 0 aliphatic carbocycles. The lowest BCUT2D eigenvalue weighted by molar-refractivity contribution is -0.141. The Morgan fingerprint density at radius 3 is 2.13 bits per heavy atom. The smallest absolute Gasteiger partial charge is 0.328 e. The summed E-state index contributed by atoms with van der Waals surface area (Å²) < 4.78 is 0. The third-order valence-corrected chi connectivity index (χ3v) is 1.87. The van der Waals surface area contributed by atoms with Crippen molar-refractivity contribution >= 4 is 11.9 Å². The fourth-order valence-corrected chi connectivity index (χ4v) is 1.25. The topological polar surface area (TPSA) is 74.6 Å². The molecule has 4 nitrogen and oxygen atoms in total. The van der Waals surface area contributed by atoms with Gasteiger partial charge in [0.15, 0.2) is 0 Å². The van der Waals surface area contributed by atoms with Crippen LogP contribution in [0.15, 0.2) is 23.3 Å². The number of rotatable bonds is 5. The molecule has 0 aliphatic rings. The van der Waals surface area contributed by atoms with Crippen LogP contribution in [0.25, 0.3) is 0 Å². The summed E-state index contributed by atoms with van der Waals surface area (Å²) in [7, 11) is 0. The van der Waals surface area contributed by atoms with E-state index in [1.54, 1.807) is 26.8 Å². The number of carboxylic acids is 2. The molecule has 0 radical (unpaired) electrons. The van der Waals surface area contributed by atoms with Gasteiger partial charge in [-0.15, -0.1) is 0 Å². The first-order chi connectivity index (χ1) is 6.82. The largest absolute Gasteiger partial charge is 0.481 e. The van der Waals surface area contributed by atoms with E-state index in [-0.39, 0.29) is 0 Å². The van der Waals surface area contributed by atoms with Crippen molar-refractivity contribution in [2.45, 2.75) is 27.2 Å². The molecule has 0 bridgehead atoms. The number of hydrogen-bond donors (Lipinski definition) is 2. The summed E-state index contributed by atoms with van der Waals surface area (Å²) in [6.45, 7) is 5.08. The maximum atomic E-state index is 10.6. The Hall–Kier alpha value is -1.58. The summed E-state index contributed by atoms with van der Waals surface area (Å²) in [5, 5.41) is 17.1. The van der Waals surface area contributed by atoms with E-state index in [0.717, 1.165) is 11.6 Å². The van der Waals surface area contributed by atoms with E-state index < -0.39 is 17.9 Å². The van der Waals surface area contributed by atoms with Crippen LogP contribution >= 0.6 is 0 Å². The zero-order chi connectivity index (χ0) is 12.0. The molecule has 0 rings (SSSR count). The van der Waals surface area contributed by atoms with Gasteiger partial charge in [-0.3, -0.25) is 4.79 Å². The maximum absolute atomic E-state index is 10.6. The van der Waals surface area contributed by atoms with Crippen molar-refractivity contribution in [2.24, 2.45) is 5.92 Å². The quantitative estimate of drug-likeness (QED) is 0.540. The van der Waals surface area contributed by atoms with Crippen molar-refractivity contribution in [3.05, 3.63) is 23.3 Å². The van der Waals surface area contributed by atoms with Gasteiger partial charge in [-0.2, -0.15) is 0 Å². The molecule has 0 aromatic rings. The Balaban J connectivity index is 4.44. The summed E-state index contributed by atoms with van der Waals surface area (Å²) in [5.41, 5.74) is 1.47. The highest BCUT2D eigenvalue weighted by Crippen LogP contribution is 2.13. The van der Waals surface area contributed by atoms with Crippen molar-refractivity contribution in [3.63, 3.8) is 0 Å². The molecular weight excluding hydrogens is 196 g/mol. The third-order valence-electron chi connectivity index (χ3n) is 1.87. The molecule has 0 amide bonds. The highest BCUT2D eigenvalue weighted by atomic mass is 16.4. The molecule has 84 valence electrons. The molecule has 1 atom stereocenters. The van der Waals surface area contributed by atoms with Gasteiger partial charge in [-0.25, -0.2) is 4.79 Å². The minimum Gasteiger partial charge on any atom is -0.481 e. The predicted octanol–water partition coefficient (Wildman–Crippen LogP) is 2.07. The van der Waals surface area contributed by atoms with Crippen LogP contribution in [0, 0.1) is 5.92 Å². The zero-order valence-electron chi connectivity index (χ0n) is 9.15. The molecular formula is C11H16O4. The van der Waals surface area contributed by atoms with Crippen LogP contribution in [0.4, 0.5) is 0 Å². The molecule has 1 unspecified atom stereocenters. The maximum Gasteiger partial charge on any atom is 0.328 e. The summed E-state index contributed by atoms with van der Waals surface area (Å²) in [6, 6.07) is 0. The minimum atomic E-state index is -0.997. The Morgan fingerprint density at radius 1 is 1.20 bits per heavy atom. The van der Waals surface area contributed by atoms with Crippen molar-refractivity contribution in [1.29, 1.82) is 0 Å². The second kappa shape index (κ2) is 6.01. The molecule has 2 N–H and O–H groups in total. The van der Waals surface area contributed by atoms with Crippen LogP contribution in [0.3, 0.4) is 0 Å². The van der Waals surface area contributed by atoms with Crippen molar-refractivity contribution in [3.8, 4) is 0 Å². The van der Waals surface area contributed by atoms with E-state index in [0.29, 0.717) is 12.0 Å². The van der Waals surface area contributed by atoms with Gasteiger partial charge in [0.1, 0.15) is 0 Å². The van der Waals surface area contributed by atoms with Crippen LogP contribution in [0.1, 0.15) is 27.2 Å². The van der Waals surface area contributed by atoms with Crippen molar-refractivity contribution in [2.75, 3.05) is 0 Å². The second-order valence-electron chi connectivity index (χ2n) is 3.66. The first-order valence-electron chi connectivity index (χ1n) is 4.64. The van der Waals surface area contributed by atoms with Gasteiger partial charge in [-0.05, 0) is 25.8 Å². The molecule has 0 heterocycles. The first-order valence-corrected chi connectivity index (χ1v) is 4.64. The molecule has 0 saturated carbocycles. The van der Waals surface area contributed by atoms with Crippen LogP contribution < -0.4 is 0 Å². The van der Waals surface area contributed by atoms with Gasteiger partial charge in [0.25, 0.3) is 0 Å². The lowest BCUT2D eigenvalue weighted by Crippen LogP contribution is -2.09. The van der Waals surface area contributed by atoms with E-state index in [4.69, 9.17) is 10.2 Å². The number of carboxylic acid groups (broad SMARTS) is 2. The SMILES string of the molecule is CC(=C\C(=O)O)/C=C(\C)CC(C)C(=O)O. The van der Waals surface area contributed by atoms with E-state index in [1.165, 1.54) is 0 Å². The molecule has 4 heteroatoms. The normalized spacial score (nSPS) is 14.9. The van der Waals surface area contributed by atoms with Gasteiger partial charge in [-0.1, -0.05) is 18.6 Å². The van der Waals surface area contributed by atoms with E-state index >= 15 is 0 Å². The Kier molecular flexibility index (Phi) is 5.37. The Bertz CT molecular complexity index is 313. The van der Waals surface area contributed by atoms with Crippen molar-refractivity contribution in [1.82, 2.24) is 0 Å². The number of hydrogen-bond acceptors (Lipinski definition) is 2. The lowest BCUT2D eigenvalue weighted by atomic mass is 10.0. The summed E-state index contributed by atoms with van der Waals surface area (Å²) in [5.74, 6) is -2.29. The average molecular weight is 212 g/mol. The van der Waals surface area contributed by atoms with Gasteiger partial charge >= 0.3 is 11.9 Å². The highest BCUT2D eigenvalue weighted by molar-refractivity contribution is 5.81. The summed E-state index contributed by atoms with van der Waals surface area (Å²) in [4.78, 5) is 20.9. The van der Waals surface area contributed by atoms with E-state index in [1.807, 2.05) is 0 Å².